The molecule has 0 bridgehead atoms. The van der Waals surface area contributed by atoms with Gasteiger partial charge in [-0.15, -0.1) is 0 Å². The Morgan fingerprint density at radius 1 is 1.38 bits per heavy atom. The number of amides is 2. The maximum atomic E-state index is 12.9. The zero-order valence-corrected chi connectivity index (χ0v) is 15.4. The maximum absolute atomic E-state index is 12.9. The minimum absolute atomic E-state index is 0.0904. The molecule has 1 N–H and O–H groups in total. The smallest absolute Gasteiger partial charge is 0.293 e. The fraction of sp³-hybridized carbons (Fsp3) is 0.474. The SMILES string of the molecule is CC(=O)NCc1cccc([C@H]2CCCN2C(=O)c2cc(C(C)C)no2)n1. The molecule has 1 aliphatic rings. The van der Waals surface area contributed by atoms with Crippen molar-refractivity contribution in [2.24, 2.45) is 0 Å². The molecule has 7 nitrogen and oxygen atoms in total. The second-order valence-corrected chi connectivity index (χ2v) is 6.89. The van der Waals surface area contributed by atoms with Crippen LogP contribution in [0.5, 0.6) is 0 Å². The second-order valence-electron chi connectivity index (χ2n) is 6.89. The van der Waals surface area contributed by atoms with Crippen LogP contribution in [-0.2, 0) is 11.3 Å². The molecule has 3 heterocycles. The summed E-state index contributed by atoms with van der Waals surface area (Å²) >= 11 is 0. The average molecular weight is 356 g/mol. The van der Waals surface area contributed by atoms with E-state index < -0.39 is 0 Å². The first-order valence-electron chi connectivity index (χ1n) is 8.93. The number of nitrogens with zero attached hydrogens (tertiary/aromatic N) is 3. The lowest BCUT2D eigenvalue weighted by molar-refractivity contribution is -0.119. The van der Waals surface area contributed by atoms with Crippen molar-refractivity contribution < 1.29 is 14.1 Å². The lowest BCUT2D eigenvalue weighted by Gasteiger charge is -2.23. The Kier molecular flexibility index (Phi) is 5.35. The summed E-state index contributed by atoms with van der Waals surface area (Å²) in [6.07, 6.45) is 1.77. The molecule has 0 saturated carbocycles. The first-order chi connectivity index (χ1) is 12.5. The van der Waals surface area contributed by atoms with Gasteiger partial charge < -0.3 is 14.7 Å². The number of hydrogen-bond donors (Lipinski definition) is 1. The standard InChI is InChI=1S/C19H24N4O3/c1-12(2)16-10-18(26-22-16)19(25)23-9-5-8-17(23)15-7-4-6-14(21-15)11-20-13(3)24/h4,6-7,10,12,17H,5,8-9,11H2,1-3H3,(H,20,24)/t17-/m1/s1. The number of likely N-dealkylation sites (tertiary alicyclic amines) is 1. The van der Waals surface area contributed by atoms with Crippen LogP contribution in [0.3, 0.4) is 0 Å². The highest BCUT2D eigenvalue weighted by Gasteiger charge is 2.33. The van der Waals surface area contributed by atoms with E-state index in [0.717, 1.165) is 29.9 Å². The molecule has 7 heteroatoms. The second kappa shape index (κ2) is 7.68. The molecule has 0 radical (unpaired) electrons. The van der Waals surface area contributed by atoms with E-state index in [-0.39, 0.29) is 29.5 Å². The summed E-state index contributed by atoms with van der Waals surface area (Å²) in [5.74, 6) is 0.235. The van der Waals surface area contributed by atoms with Gasteiger partial charge in [0, 0.05) is 19.5 Å². The number of hydrogen-bond acceptors (Lipinski definition) is 5. The Morgan fingerprint density at radius 2 is 2.19 bits per heavy atom. The molecular formula is C19H24N4O3. The van der Waals surface area contributed by atoms with Crippen molar-refractivity contribution in [3.05, 3.63) is 47.1 Å². The fourth-order valence-corrected chi connectivity index (χ4v) is 3.12. The van der Waals surface area contributed by atoms with Gasteiger partial charge in [0.15, 0.2) is 0 Å². The highest BCUT2D eigenvalue weighted by molar-refractivity contribution is 5.92. The number of carbonyl (C=O) groups is 2. The summed E-state index contributed by atoms with van der Waals surface area (Å²) in [6, 6.07) is 7.33. The molecule has 2 amide bonds. The van der Waals surface area contributed by atoms with Crippen LogP contribution in [0.1, 0.15) is 73.2 Å². The molecule has 2 aromatic rings. The normalized spacial score (nSPS) is 16.9. The van der Waals surface area contributed by atoms with Gasteiger partial charge >= 0.3 is 0 Å². The van der Waals surface area contributed by atoms with Gasteiger partial charge in [0.1, 0.15) is 0 Å². The molecule has 3 rings (SSSR count). The number of carbonyl (C=O) groups excluding carboxylic acids is 2. The largest absolute Gasteiger partial charge is 0.351 e. The molecule has 0 aliphatic carbocycles. The third-order valence-corrected chi connectivity index (χ3v) is 4.53. The Hall–Kier alpha value is -2.70. The predicted octanol–water partition coefficient (Wildman–Crippen LogP) is 2.81. The summed E-state index contributed by atoms with van der Waals surface area (Å²) < 4.78 is 5.26. The van der Waals surface area contributed by atoms with Gasteiger partial charge in [0.2, 0.25) is 11.7 Å². The van der Waals surface area contributed by atoms with Gasteiger partial charge in [-0.25, -0.2) is 0 Å². The molecule has 0 spiro atoms. The van der Waals surface area contributed by atoms with E-state index >= 15 is 0 Å². The van der Waals surface area contributed by atoms with Crippen LogP contribution >= 0.6 is 0 Å². The van der Waals surface area contributed by atoms with Gasteiger partial charge in [-0.05, 0) is 30.9 Å². The summed E-state index contributed by atoms with van der Waals surface area (Å²) in [7, 11) is 0. The quantitative estimate of drug-likeness (QED) is 0.890. The van der Waals surface area contributed by atoms with E-state index in [4.69, 9.17) is 4.52 Å². The summed E-state index contributed by atoms with van der Waals surface area (Å²) in [5.41, 5.74) is 2.39. The third kappa shape index (κ3) is 3.92. The number of nitrogens with one attached hydrogen (secondary N) is 1. The molecule has 138 valence electrons. The number of aromatic nitrogens is 2. The zero-order chi connectivity index (χ0) is 18.7. The Balaban J connectivity index is 1.78. The van der Waals surface area contributed by atoms with Gasteiger partial charge in [0.25, 0.3) is 5.91 Å². The van der Waals surface area contributed by atoms with Crippen molar-refractivity contribution in [2.75, 3.05) is 6.54 Å². The highest BCUT2D eigenvalue weighted by atomic mass is 16.5. The summed E-state index contributed by atoms with van der Waals surface area (Å²) in [6.45, 7) is 6.54. The highest BCUT2D eigenvalue weighted by Crippen LogP contribution is 2.32. The van der Waals surface area contributed by atoms with Crippen molar-refractivity contribution >= 4 is 11.8 Å². The summed E-state index contributed by atoms with van der Waals surface area (Å²) in [5, 5.41) is 6.73. The van der Waals surface area contributed by atoms with Crippen molar-refractivity contribution in [1.82, 2.24) is 20.4 Å². The van der Waals surface area contributed by atoms with Gasteiger partial charge in [0.05, 0.1) is 29.7 Å². The molecule has 2 aromatic heterocycles. The Labute approximate surface area is 152 Å². The van der Waals surface area contributed by atoms with E-state index in [0.29, 0.717) is 13.1 Å². The van der Waals surface area contributed by atoms with Crippen LogP contribution in [0.25, 0.3) is 0 Å². The van der Waals surface area contributed by atoms with Crippen LogP contribution < -0.4 is 5.32 Å². The minimum atomic E-state index is -0.152. The van der Waals surface area contributed by atoms with Gasteiger partial charge in [-0.3, -0.25) is 14.6 Å². The topological polar surface area (TPSA) is 88.3 Å². The average Bonchev–Trinajstić information content (AvgIpc) is 3.29. The molecule has 1 aliphatic heterocycles. The first kappa shape index (κ1) is 18.1. The van der Waals surface area contributed by atoms with Crippen LogP contribution in [-0.4, -0.2) is 33.4 Å². The number of pyridine rings is 1. The zero-order valence-electron chi connectivity index (χ0n) is 15.4. The first-order valence-corrected chi connectivity index (χ1v) is 8.93. The number of rotatable bonds is 5. The molecule has 1 fully saturated rings. The molecular weight excluding hydrogens is 332 g/mol. The van der Waals surface area contributed by atoms with Crippen molar-refractivity contribution in [1.29, 1.82) is 0 Å². The van der Waals surface area contributed by atoms with Crippen LogP contribution in [0, 0.1) is 0 Å². The third-order valence-electron chi connectivity index (χ3n) is 4.53. The monoisotopic (exact) mass is 356 g/mol. The fourth-order valence-electron chi connectivity index (χ4n) is 3.12. The predicted molar refractivity (Wildman–Crippen MR) is 95.4 cm³/mol. The van der Waals surface area contributed by atoms with E-state index in [1.165, 1.54) is 6.92 Å². The van der Waals surface area contributed by atoms with E-state index in [1.807, 2.05) is 32.0 Å². The van der Waals surface area contributed by atoms with Crippen molar-refractivity contribution in [3.8, 4) is 0 Å². The van der Waals surface area contributed by atoms with E-state index in [2.05, 4.69) is 15.5 Å². The maximum Gasteiger partial charge on any atom is 0.293 e. The Bertz CT molecular complexity index is 800. The van der Waals surface area contributed by atoms with Crippen LogP contribution in [0.15, 0.2) is 28.8 Å². The van der Waals surface area contributed by atoms with E-state index in [1.54, 1.807) is 11.0 Å². The minimum Gasteiger partial charge on any atom is -0.351 e. The molecule has 0 unspecified atom stereocenters. The van der Waals surface area contributed by atoms with Crippen LogP contribution in [0.4, 0.5) is 0 Å². The molecule has 1 saturated heterocycles. The lowest BCUT2D eigenvalue weighted by atomic mass is 10.1. The van der Waals surface area contributed by atoms with E-state index in [9.17, 15) is 9.59 Å². The van der Waals surface area contributed by atoms with Crippen LogP contribution in [0.2, 0.25) is 0 Å². The van der Waals surface area contributed by atoms with Gasteiger partial charge in [-0.2, -0.15) is 0 Å². The Morgan fingerprint density at radius 3 is 2.88 bits per heavy atom. The molecule has 0 aromatic carbocycles. The van der Waals surface area contributed by atoms with Crippen molar-refractivity contribution in [2.45, 2.75) is 52.1 Å². The van der Waals surface area contributed by atoms with Crippen molar-refractivity contribution in [3.63, 3.8) is 0 Å². The van der Waals surface area contributed by atoms with Gasteiger partial charge in [-0.1, -0.05) is 25.1 Å². The summed E-state index contributed by atoms with van der Waals surface area (Å²) in [4.78, 5) is 30.4. The molecule has 26 heavy (non-hydrogen) atoms. The lowest BCUT2D eigenvalue weighted by Crippen LogP contribution is -2.31. The molecule has 1 atom stereocenters.